The molecule has 0 radical (unpaired) electrons. The number of ether oxygens (including phenoxy) is 1. The fourth-order valence-electron chi connectivity index (χ4n) is 2.84. The van der Waals surface area contributed by atoms with Gasteiger partial charge in [0.1, 0.15) is 0 Å². The van der Waals surface area contributed by atoms with Crippen LogP contribution < -0.4 is 15.8 Å². The number of primary sulfonamides is 1. The minimum Gasteiger partial charge on any atom is -0.379 e. The van der Waals surface area contributed by atoms with Gasteiger partial charge >= 0.3 is 0 Å². The number of nitrogens with zero attached hydrogens (tertiary/aromatic N) is 1. The lowest BCUT2D eigenvalue weighted by molar-refractivity contribution is 0.0730. The molecule has 1 heterocycles. The van der Waals surface area contributed by atoms with Gasteiger partial charge in [0.2, 0.25) is 20.0 Å². The van der Waals surface area contributed by atoms with E-state index in [-0.39, 0.29) is 28.0 Å². The van der Waals surface area contributed by atoms with Gasteiger partial charge in [0.05, 0.1) is 33.7 Å². The molecule has 1 fully saturated rings. The minimum absolute atomic E-state index is 0.0158. The van der Waals surface area contributed by atoms with Gasteiger partial charge in [0, 0.05) is 19.6 Å². The number of thiocarbonyl (C=S) groups is 1. The van der Waals surface area contributed by atoms with E-state index in [9.17, 15) is 16.8 Å². The van der Waals surface area contributed by atoms with Crippen LogP contribution in [0.2, 0.25) is 5.02 Å². The van der Waals surface area contributed by atoms with Crippen molar-refractivity contribution in [2.75, 3.05) is 31.6 Å². The maximum absolute atomic E-state index is 12.8. The number of rotatable bonds is 6. The third-order valence-electron chi connectivity index (χ3n) is 4.50. The Balaban J connectivity index is 1.66. The lowest BCUT2D eigenvalue weighted by Crippen LogP contribution is -2.40. The van der Waals surface area contributed by atoms with Gasteiger partial charge in [-0.05, 0) is 48.1 Å². The van der Waals surface area contributed by atoms with Crippen molar-refractivity contribution in [1.82, 2.24) is 9.62 Å². The first-order valence-corrected chi connectivity index (χ1v) is 12.9. The van der Waals surface area contributed by atoms with Crippen molar-refractivity contribution < 1.29 is 21.6 Å². The molecule has 0 bridgehead atoms. The maximum Gasteiger partial charge on any atom is 0.243 e. The predicted molar refractivity (Wildman–Crippen MR) is 122 cm³/mol. The molecule has 0 spiro atoms. The van der Waals surface area contributed by atoms with Crippen molar-refractivity contribution in [1.29, 1.82) is 0 Å². The van der Waals surface area contributed by atoms with Crippen molar-refractivity contribution in [3.8, 4) is 0 Å². The van der Waals surface area contributed by atoms with E-state index in [1.165, 1.54) is 34.6 Å². The van der Waals surface area contributed by atoms with Crippen molar-refractivity contribution >= 4 is 54.7 Å². The van der Waals surface area contributed by atoms with Crippen LogP contribution in [-0.4, -0.2) is 52.6 Å². The standard InChI is InChI=1S/C18H21ClN4O5S3/c19-16-6-5-15(31(26,27)23-7-9-28-10-8-23)11-17(16)22-18(29)21-12-13-1-3-14(4-2-13)30(20,24)25/h1-6,11H,7-10,12H2,(H2,20,24,25)(H2,21,22,29). The number of nitrogens with two attached hydrogens (primary N) is 1. The lowest BCUT2D eigenvalue weighted by atomic mass is 10.2. The van der Waals surface area contributed by atoms with Crippen LogP contribution in [0.1, 0.15) is 5.56 Å². The summed E-state index contributed by atoms with van der Waals surface area (Å²) in [5.74, 6) is 0. The third-order valence-corrected chi connectivity index (χ3v) is 7.90. The highest BCUT2D eigenvalue weighted by molar-refractivity contribution is 7.89. The molecular formula is C18H21ClN4O5S3. The Hall–Kier alpha value is -1.80. The summed E-state index contributed by atoms with van der Waals surface area (Å²) in [5, 5.41) is 11.5. The topological polar surface area (TPSA) is 131 Å². The first kappa shape index (κ1) is 23.9. The molecule has 9 nitrogen and oxygen atoms in total. The summed E-state index contributed by atoms with van der Waals surface area (Å²) in [5.41, 5.74) is 1.12. The average Bonchev–Trinajstić information content (AvgIpc) is 2.74. The average molecular weight is 505 g/mol. The summed E-state index contributed by atoms with van der Waals surface area (Å²) >= 11 is 11.5. The summed E-state index contributed by atoms with van der Waals surface area (Å²) in [6.07, 6.45) is 0. The zero-order chi connectivity index (χ0) is 22.6. The maximum atomic E-state index is 12.8. The molecule has 1 aliphatic heterocycles. The number of hydrogen-bond acceptors (Lipinski definition) is 6. The Kier molecular flexibility index (Phi) is 7.52. The number of nitrogens with one attached hydrogen (secondary N) is 2. The van der Waals surface area contributed by atoms with Gasteiger partial charge in [0.15, 0.2) is 5.11 Å². The van der Waals surface area contributed by atoms with E-state index in [0.717, 1.165) is 5.56 Å². The summed E-state index contributed by atoms with van der Waals surface area (Å²) in [4.78, 5) is 0.115. The number of sulfonamides is 2. The zero-order valence-corrected chi connectivity index (χ0v) is 19.5. The highest BCUT2D eigenvalue weighted by atomic mass is 35.5. The molecule has 2 aromatic carbocycles. The monoisotopic (exact) mass is 504 g/mol. The fourth-order valence-corrected chi connectivity index (χ4v) is 5.14. The predicted octanol–water partition coefficient (Wildman–Crippen LogP) is 1.49. The van der Waals surface area contributed by atoms with Gasteiger partial charge in [-0.3, -0.25) is 0 Å². The van der Waals surface area contributed by atoms with Crippen LogP contribution in [0.25, 0.3) is 0 Å². The van der Waals surface area contributed by atoms with Crippen LogP contribution in [0.4, 0.5) is 5.69 Å². The van der Waals surface area contributed by atoms with Gasteiger partial charge in [0.25, 0.3) is 0 Å². The number of benzene rings is 2. The minimum atomic E-state index is -3.75. The highest BCUT2D eigenvalue weighted by Crippen LogP contribution is 2.27. The molecule has 2 aromatic rings. The van der Waals surface area contributed by atoms with E-state index in [1.54, 1.807) is 12.1 Å². The first-order valence-electron chi connectivity index (χ1n) is 9.11. The molecule has 3 rings (SSSR count). The molecule has 0 amide bonds. The van der Waals surface area contributed by atoms with E-state index in [4.69, 9.17) is 33.7 Å². The van der Waals surface area contributed by atoms with Gasteiger partial charge < -0.3 is 15.4 Å². The Morgan fingerprint density at radius 1 is 1.06 bits per heavy atom. The molecule has 1 saturated heterocycles. The van der Waals surface area contributed by atoms with E-state index in [0.29, 0.717) is 30.5 Å². The van der Waals surface area contributed by atoms with Crippen LogP contribution in [0, 0.1) is 0 Å². The molecule has 1 aliphatic rings. The molecule has 0 aliphatic carbocycles. The molecule has 168 valence electrons. The van der Waals surface area contributed by atoms with Gasteiger partial charge in [-0.15, -0.1) is 0 Å². The van der Waals surface area contributed by atoms with Crippen LogP contribution >= 0.6 is 23.8 Å². The molecule has 4 N–H and O–H groups in total. The normalized spacial score (nSPS) is 15.4. The summed E-state index contributed by atoms with van der Waals surface area (Å²) < 4.78 is 54.9. The second-order valence-corrected chi connectivity index (χ2v) is 11.0. The lowest BCUT2D eigenvalue weighted by Gasteiger charge is -2.26. The second kappa shape index (κ2) is 9.77. The van der Waals surface area contributed by atoms with Crippen molar-refractivity contribution in [3.05, 3.63) is 53.1 Å². The highest BCUT2D eigenvalue weighted by Gasteiger charge is 2.27. The van der Waals surface area contributed by atoms with E-state index >= 15 is 0 Å². The van der Waals surface area contributed by atoms with Crippen LogP contribution in [0.3, 0.4) is 0 Å². The quantitative estimate of drug-likeness (QED) is 0.504. The molecule has 0 unspecified atom stereocenters. The summed E-state index contributed by atoms with van der Waals surface area (Å²) in [6.45, 7) is 1.59. The van der Waals surface area contributed by atoms with Crippen LogP contribution in [-0.2, 0) is 31.3 Å². The van der Waals surface area contributed by atoms with E-state index < -0.39 is 20.0 Å². The number of hydrogen-bond donors (Lipinski definition) is 3. The molecular weight excluding hydrogens is 484 g/mol. The molecule has 0 saturated carbocycles. The molecule has 13 heteroatoms. The SMILES string of the molecule is NS(=O)(=O)c1ccc(CNC(=S)Nc2cc(S(=O)(=O)N3CCOCC3)ccc2Cl)cc1. The Morgan fingerprint density at radius 2 is 1.68 bits per heavy atom. The van der Waals surface area contributed by atoms with Crippen molar-refractivity contribution in [2.45, 2.75) is 16.3 Å². The van der Waals surface area contributed by atoms with Crippen LogP contribution in [0.15, 0.2) is 52.3 Å². The summed E-state index contributed by atoms with van der Waals surface area (Å²) in [7, 11) is -7.43. The van der Waals surface area contributed by atoms with Gasteiger partial charge in [-0.2, -0.15) is 4.31 Å². The smallest absolute Gasteiger partial charge is 0.243 e. The summed E-state index contributed by atoms with van der Waals surface area (Å²) in [6, 6.07) is 10.4. The molecule has 0 aromatic heterocycles. The van der Waals surface area contributed by atoms with Crippen molar-refractivity contribution in [3.63, 3.8) is 0 Å². The second-order valence-electron chi connectivity index (χ2n) is 6.65. The van der Waals surface area contributed by atoms with Crippen LogP contribution in [0.5, 0.6) is 0 Å². The fraction of sp³-hybridized carbons (Fsp3) is 0.278. The van der Waals surface area contributed by atoms with Crippen molar-refractivity contribution in [2.24, 2.45) is 5.14 Å². The Morgan fingerprint density at radius 3 is 2.29 bits per heavy atom. The number of morpholine rings is 1. The first-order chi connectivity index (χ1) is 14.6. The van der Waals surface area contributed by atoms with E-state index in [1.807, 2.05) is 0 Å². The van der Waals surface area contributed by atoms with E-state index in [2.05, 4.69) is 10.6 Å². The molecule has 0 atom stereocenters. The largest absolute Gasteiger partial charge is 0.379 e. The third kappa shape index (κ3) is 6.13. The molecule has 31 heavy (non-hydrogen) atoms. The number of halogens is 1. The Labute approximate surface area is 191 Å². The number of anilines is 1. The zero-order valence-electron chi connectivity index (χ0n) is 16.2. The van der Waals surface area contributed by atoms with Gasteiger partial charge in [-0.1, -0.05) is 23.7 Å². The van der Waals surface area contributed by atoms with Gasteiger partial charge in [-0.25, -0.2) is 22.0 Å². The Bertz CT molecular complexity index is 1170.